The second kappa shape index (κ2) is 11.4. The number of aliphatic hydroxyl groups excluding tert-OH is 1. The first-order valence-corrected chi connectivity index (χ1v) is 8.62. The smallest absolute Gasteiger partial charge is 0.266 e. The summed E-state index contributed by atoms with van der Waals surface area (Å²) in [5.74, 6) is -0.201. The molecule has 0 aromatic heterocycles. The van der Waals surface area contributed by atoms with Crippen LogP contribution in [0.5, 0.6) is 0 Å². The molecule has 20 heavy (non-hydrogen) atoms. The van der Waals surface area contributed by atoms with Gasteiger partial charge in [0.2, 0.25) is 0 Å². The van der Waals surface area contributed by atoms with Gasteiger partial charge in [0.15, 0.2) is 0 Å². The molecule has 1 heterocycles. The summed E-state index contributed by atoms with van der Waals surface area (Å²) >= 11 is 0. The molecule has 1 rings (SSSR count). The first-order chi connectivity index (χ1) is 9.42. The zero-order chi connectivity index (χ0) is 15.4. The fraction of sp³-hybridized carbons (Fsp3) is 1.00. The maximum Gasteiger partial charge on any atom is 0.266 e. The Morgan fingerprint density at radius 2 is 1.45 bits per heavy atom. The van der Waals surface area contributed by atoms with Gasteiger partial charge in [-0.3, -0.25) is 14.4 Å². The lowest BCUT2D eigenvalue weighted by atomic mass is 10.3. The van der Waals surface area contributed by atoms with E-state index in [0.29, 0.717) is 13.1 Å². The number of rotatable bonds is 7. The third-order valence-corrected chi connectivity index (χ3v) is 3.65. The number of hydrogen-bond donors (Lipinski definition) is 2. The van der Waals surface area contributed by atoms with E-state index < -0.39 is 10.1 Å². The van der Waals surface area contributed by atoms with Gasteiger partial charge in [0, 0.05) is 52.5 Å². The van der Waals surface area contributed by atoms with Gasteiger partial charge in [-0.25, -0.2) is 0 Å². The molecule has 0 aromatic rings. The van der Waals surface area contributed by atoms with Gasteiger partial charge in [0.25, 0.3) is 10.1 Å². The van der Waals surface area contributed by atoms with Crippen molar-refractivity contribution in [1.29, 1.82) is 0 Å². The standard InChI is InChI=1S/C8H18N2O4S.C4H10O/c11-7-5-9-1-3-10(4-2-9)6-8-15(12,13)14;1-3-5-4-2/h11H,1-8H2,(H,12,13,14);3-4H2,1-2H3. The number of ether oxygens (including phenoxy) is 1. The Balaban J connectivity index is 0.000000621. The van der Waals surface area contributed by atoms with Crippen LogP contribution in [0.15, 0.2) is 0 Å². The van der Waals surface area contributed by atoms with E-state index in [1.807, 2.05) is 18.7 Å². The first kappa shape index (κ1) is 19.8. The van der Waals surface area contributed by atoms with Crippen molar-refractivity contribution in [2.45, 2.75) is 13.8 Å². The minimum atomic E-state index is -3.84. The molecule has 0 unspecified atom stereocenters. The van der Waals surface area contributed by atoms with E-state index >= 15 is 0 Å². The highest BCUT2D eigenvalue weighted by atomic mass is 32.2. The van der Waals surface area contributed by atoms with Crippen molar-refractivity contribution in [3.05, 3.63) is 0 Å². The third-order valence-electron chi connectivity index (χ3n) is 2.95. The number of nitrogens with zero attached hydrogens (tertiary/aromatic N) is 2. The van der Waals surface area contributed by atoms with Crippen LogP contribution in [0.2, 0.25) is 0 Å². The van der Waals surface area contributed by atoms with Crippen molar-refractivity contribution in [1.82, 2.24) is 9.80 Å². The Labute approximate surface area is 122 Å². The topological polar surface area (TPSA) is 90.3 Å². The van der Waals surface area contributed by atoms with Crippen LogP contribution in [0, 0.1) is 0 Å². The molecule has 8 heteroatoms. The molecule has 0 radical (unpaired) electrons. The van der Waals surface area contributed by atoms with Crippen molar-refractivity contribution in [2.24, 2.45) is 0 Å². The fourth-order valence-corrected chi connectivity index (χ4v) is 2.32. The summed E-state index contributed by atoms with van der Waals surface area (Å²) in [6.07, 6.45) is 0. The van der Waals surface area contributed by atoms with Gasteiger partial charge in [-0.15, -0.1) is 0 Å². The van der Waals surface area contributed by atoms with Crippen LogP contribution >= 0.6 is 0 Å². The predicted molar refractivity (Wildman–Crippen MR) is 78.5 cm³/mol. The minimum Gasteiger partial charge on any atom is -0.395 e. The summed E-state index contributed by atoms with van der Waals surface area (Å²) in [5.41, 5.74) is 0. The number of aliphatic hydroxyl groups is 1. The molecule has 0 aliphatic carbocycles. The SMILES string of the molecule is CCOCC.O=S(=O)(O)CCN1CCN(CCO)CC1. The lowest BCUT2D eigenvalue weighted by Gasteiger charge is -2.33. The van der Waals surface area contributed by atoms with Gasteiger partial charge in [-0.2, -0.15) is 8.42 Å². The fourth-order valence-electron chi connectivity index (χ4n) is 1.83. The summed E-state index contributed by atoms with van der Waals surface area (Å²) in [5, 5.41) is 8.73. The second-order valence-electron chi connectivity index (χ2n) is 4.47. The summed E-state index contributed by atoms with van der Waals surface area (Å²) in [4.78, 5) is 4.13. The van der Waals surface area contributed by atoms with E-state index in [4.69, 9.17) is 14.4 Å². The van der Waals surface area contributed by atoms with E-state index in [0.717, 1.165) is 39.4 Å². The van der Waals surface area contributed by atoms with Crippen LogP contribution in [0.4, 0.5) is 0 Å². The van der Waals surface area contributed by atoms with Gasteiger partial charge >= 0.3 is 0 Å². The molecule has 1 fully saturated rings. The molecule has 0 aromatic carbocycles. The Bertz CT molecular complexity index is 314. The number of β-amino-alcohol motifs (C(OH)–C–C–N with tert-alkyl or cyclic N) is 1. The molecule has 0 saturated carbocycles. The zero-order valence-electron chi connectivity index (χ0n) is 12.5. The molecule has 1 aliphatic heterocycles. The van der Waals surface area contributed by atoms with Crippen LogP contribution in [0.3, 0.4) is 0 Å². The number of piperazine rings is 1. The predicted octanol–water partition coefficient (Wildman–Crippen LogP) is -0.473. The van der Waals surface area contributed by atoms with Gasteiger partial charge in [0.1, 0.15) is 0 Å². The van der Waals surface area contributed by atoms with Crippen molar-refractivity contribution in [2.75, 3.05) is 64.8 Å². The molecule has 1 aliphatic rings. The lowest BCUT2D eigenvalue weighted by molar-refractivity contribution is 0.116. The van der Waals surface area contributed by atoms with Crippen molar-refractivity contribution < 1.29 is 22.8 Å². The summed E-state index contributed by atoms with van der Waals surface area (Å²) in [7, 11) is -3.84. The number of hydrogen-bond acceptors (Lipinski definition) is 6. The van der Waals surface area contributed by atoms with E-state index in [9.17, 15) is 8.42 Å². The highest BCUT2D eigenvalue weighted by Crippen LogP contribution is 2.01. The van der Waals surface area contributed by atoms with E-state index in [2.05, 4.69) is 4.90 Å². The average Bonchev–Trinajstić information content (AvgIpc) is 2.39. The zero-order valence-corrected chi connectivity index (χ0v) is 13.3. The molecule has 0 spiro atoms. The normalized spacial score (nSPS) is 17.6. The Kier molecular flexibility index (Phi) is 11.3. The molecular formula is C12H28N2O5S. The first-order valence-electron chi connectivity index (χ1n) is 7.01. The van der Waals surface area contributed by atoms with Gasteiger partial charge in [-0.1, -0.05) is 0 Å². The lowest BCUT2D eigenvalue weighted by Crippen LogP contribution is -2.48. The Morgan fingerprint density at radius 1 is 1.00 bits per heavy atom. The van der Waals surface area contributed by atoms with Crippen LogP contribution < -0.4 is 0 Å². The molecule has 0 amide bonds. The Morgan fingerprint density at radius 3 is 1.75 bits per heavy atom. The van der Waals surface area contributed by atoms with Gasteiger partial charge < -0.3 is 9.84 Å². The van der Waals surface area contributed by atoms with Crippen LogP contribution in [0.1, 0.15) is 13.8 Å². The van der Waals surface area contributed by atoms with Crippen LogP contribution in [-0.2, 0) is 14.9 Å². The van der Waals surface area contributed by atoms with Crippen LogP contribution in [0.25, 0.3) is 0 Å². The van der Waals surface area contributed by atoms with Crippen molar-refractivity contribution in [3.8, 4) is 0 Å². The summed E-state index contributed by atoms with van der Waals surface area (Å²) in [6, 6.07) is 0. The highest BCUT2D eigenvalue weighted by Gasteiger charge is 2.17. The molecule has 0 bridgehead atoms. The largest absolute Gasteiger partial charge is 0.395 e. The molecule has 122 valence electrons. The monoisotopic (exact) mass is 312 g/mol. The maximum atomic E-state index is 10.5. The van der Waals surface area contributed by atoms with Gasteiger partial charge in [0.05, 0.1) is 12.4 Å². The van der Waals surface area contributed by atoms with E-state index in [-0.39, 0.29) is 12.4 Å². The summed E-state index contributed by atoms with van der Waals surface area (Å²) in [6.45, 7) is 10.1. The average molecular weight is 312 g/mol. The second-order valence-corrected chi connectivity index (χ2v) is 6.05. The minimum absolute atomic E-state index is 0.158. The maximum absolute atomic E-state index is 10.5. The van der Waals surface area contributed by atoms with Crippen LogP contribution in [-0.4, -0.2) is 92.7 Å². The molecule has 1 saturated heterocycles. The molecular weight excluding hydrogens is 284 g/mol. The molecule has 0 atom stereocenters. The highest BCUT2D eigenvalue weighted by molar-refractivity contribution is 7.85. The molecule has 7 nitrogen and oxygen atoms in total. The van der Waals surface area contributed by atoms with Crippen molar-refractivity contribution in [3.63, 3.8) is 0 Å². The van der Waals surface area contributed by atoms with Crippen molar-refractivity contribution >= 4 is 10.1 Å². The molecule has 2 N–H and O–H groups in total. The quantitative estimate of drug-likeness (QED) is 0.614. The summed E-state index contributed by atoms with van der Waals surface area (Å²) < 4.78 is 34.5. The van der Waals surface area contributed by atoms with Gasteiger partial charge in [-0.05, 0) is 13.8 Å². The van der Waals surface area contributed by atoms with E-state index in [1.165, 1.54) is 0 Å². The Hall–Kier alpha value is -0.250. The van der Waals surface area contributed by atoms with E-state index in [1.54, 1.807) is 0 Å². The third kappa shape index (κ3) is 11.6.